The number of rotatable bonds is 9. The fourth-order valence-electron chi connectivity index (χ4n) is 2.21. The number of nitro groups is 1. The van der Waals surface area contributed by atoms with E-state index >= 15 is 0 Å². The van der Waals surface area contributed by atoms with Crippen LogP contribution in [0.2, 0.25) is 0 Å². The second-order valence-corrected chi connectivity index (χ2v) is 6.09. The van der Waals surface area contributed by atoms with E-state index in [1.165, 1.54) is 0 Å². The molecular formula is C17H22N4O5. The highest BCUT2D eigenvalue weighted by Gasteiger charge is 2.21. The Morgan fingerprint density at radius 2 is 2.15 bits per heavy atom. The maximum Gasteiger partial charge on any atom is 0.355 e. The molecule has 140 valence electrons. The van der Waals surface area contributed by atoms with Gasteiger partial charge in [-0.1, -0.05) is 25.0 Å². The number of nitrogens with zero attached hydrogens (tertiary/aromatic N) is 2. The number of aromatic nitrogens is 2. The molecule has 0 atom stereocenters. The van der Waals surface area contributed by atoms with Crippen molar-refractivity contribution in [3.63, 3.8) is 0 Å². The molecule has 0 saturated heterocycles. The van der Waals surface area contributed by atoms with Crippen LogP contribution in [0.15, 0.2) is 24.4 Å². The molecule has 1 heterocycles. The van der Waals surface area contributed by atoms with Crippen LogP contribution in [-0.2, 0) is 6.54 Å². The lowest BCUT2D eigenvalue weighted by molar-refractivity contribution is -0.389. The van der Waals surface area contributed by atoms with Crippen LogP contribution < -0.4 is 14.8 Å². The molecule has 2 N–H and O–H groups in total. The number of carbonyl (C=O) groups is 1. The molecule has 1 amide bonds. The van der Waals surface area contributed by atoms with E-state index in [-0.39, 0.29) is 12.1 Å². The zero-order chi connectivity index (χ0) is 19.1. The van der Waals surface area contributed by atoms with Crippen LogP contribution in [0.1, 0.15) is 36.2 Å². The number of H-pyrrole nitrogens is 1. The Bertz CT molecular complexity index is 772. The second-order valence-electron chi connectivity index (χ2n) is 6.09. The summed E-state index contributed by atoms with van der Waals surface area (Å²) in [5.74, 6) is 0.724. The molecule has 2 rings (SSSR count). The van der Waals surface area contributed by atoms with Crippen LogP contribution in [0.5, 0.6) is 11.5 Å². The predicted octanol–water partition coefficient (Wildman–Crippen LogP) is 2.68. The van der Waals surface area contributed by atoms with E-state index in [1.807, 2.05) is 0 Å². The number of methoxy groups -OCH3 is 1. The molecule has 0 unspecified atom stereocenters. The van der Waals surface area contributed by atoms with Crippen molar-refractivity contribution >= 4 is 11.7 Å². The molecule has 1 aromatic heterocycles. The summed E-state index contributed by atoms with van der Waals surface area (Å²) in [7, 11) is 1.54. The third-order valence-corrected chi connectivity index (χ3v) is 3.68. The Morgan fingerprint density at radius 1 is 1.38 bits per heavy atom. The van der Waals surface area contributed by atoms with Crippen LogP contribution in [0.3, 0.4) is 0 Å². The Morgan fingerprint density at radius 3 is 2.81 bits per heavy atom. The highest BCUT2D eigenvalue weighted by molar-refractivity contribution is 5.97. The van der Waals surface area contributed by atoms with Gasteiger partial charge in [-0.05, 0) is 35.0 Å². The van der Waals surface area contributed by atoms with Gasteiger partial charge in [-0.3, -0.25) is 4.79 Å². The average molecular weight is 362 g/mol. The number of hydrogen-bond donors (Lipinski definition) is 2. The molecule has 0 spiro atoms. The number of aromatic amines is 1. The molecule has 0 saturated carbocycles. The van der Waals surface area contributed by atoms with Gasteiger partial charge in [-0.15, -0.1) is 5.10 Å². The van der Waals surface area contributed by atoms with Crippen LogP contribution in [0, 0.1) is 16.0 Å². The van der Waals surface area contributed by atoms with Crippen molar-refractivity contribution in [1.29, 1.82) is 0 Å². The van der Waals surface area contributed by atoms with Crippen molar-refractivity contribution in [2.24, 2.45) is 5.92 Å². The van der Waals surface area contributed by atoms with Crippen LogP contribution in [-0.4, -0.2) is 34.7 Å². The smallest absolute Gasteiger partial charge is 0.355 e. The topological polar surface area (TPSA) is 119 Å². The number of ether oxygens (including phenoxy) is 2. The zero-order valence-electron chi connectivity index (χ0n) is 14.9. The molecule has 0 aliphatic heterocycles. The summed E-state index contributed by atoms with van der Waals surface area (Å²) in [6, 6.07) is 5.34. The fourth-order valence-corrected chi connectivity index (χ4v) is 2.21. The minimum atomic E-state index is -0.686. The number of hydrogen-bond acceptors (Lipinski definition) is 6. The molecule has 0 aliphatic carbocycles. The Balaban J connectivity index is 2.00. The number of benzene rings is 1. The van der Waals surface area contributed by atoms with Gasteiger partial charge in [0.05, 0.1) is 19.9 Å². The van der Waals surface area contributed by atoms with Gasteiger partial charge < -0.3 is 24.9 Å². The van der Waals surface area contributed by atoms with Crippen molar-refractivity contribution in [3.8, 4) is 11.5 Å². The summed E-state index contributed by atoms with van der Waals surface area (Å²) in [6.45, 7) is 5.02. The fraction of sp³-hybridized carbons (Fsp3) is 0.412. The van der Waals surface area contributed by atoms with E-state index in [0.29, 0.717) is 24.0 Å². The van der Waals surface area contributed by atoms with E-state index in [9.17, 15) is 14.9 Å². The van der Waals surface area contributed by atoms with Gasteiger partial charge in [0.1, 0.15) is 0 Å². The molecule has 0 bridgehead atoms. The maximum absolute atomic E-state index is 12.1. The number of nitrogens with one attached hydrogen (secondary N) is 2. The molecule has 0 fully saturated rings. The molecule has 0 radical (unpaired) electrons. The molecule has 9 heteroatoms. The standard InChI is InChI=1S/C17H22N4O5/c1-11(2)6-7-26-14-5-4-12(8-15(14)25-3)9-18-17(22)13-10-19-20-16(13)21(23)24/h4-5,8,10-11H,6-7,9H2,1-3H3,(H,18,22)(H,19,20). The Labute approximate surface area is 150 Å². The first kappa shape index (κ1) is 19.2. The molecule has 0 aliphatic rings. The summed E-state index contributed by atoms with van der Waals surface area (Å²) in [5, 5.41) is 19.2. The third-order valence-electron chi connectivity index (χ3n) is 3.68. The van der Waals surface area contributed by atoms with Crippen molar-refractivity contribution in [2.75, 3.05) is 13.7 Å². The molecule has 9 nitrogen and oxygen atoms in total. The lowest BCUT2D eigenvalue weighted by Crippen LogP contribution is -2.23. The molecule has 2 aromatic rings. The van der Waals surface area contributed by atoms with Gasteiger partial charge in [0.25, 0.3) is 5.91 Å². The first-order valence-electron chi connectivity index (χ1n) is 8.18. The van der Waals surface area contributed by atoms with Gasteiger partial charge in [-0.2, -0.15) is 0 Å². The lowest BCUT2D eigenvalue weighted by atomic mass is 10.1. The summed E-state index contributed by atoms with van der Waals surface area (Å²) in [5.41, 5.74) is 0.660. The molecule has 26 heavy (non-hydrogen) atoms. The minimum Gasteiger partial charge on any atom is -0.493 e. The van der Waals surface area contributed by atoms with E-state index in [0.717, 1.165) is 18.2 Å². The highest BCUT2D eigenvalue weighted by Crippen LogP contribution is 2.28. The van der Waals surface area contributed by atoms with Crippen molar-refractivity contribution in [1.82, 2.24) is 15.5 Å². The van der Waals surface area contributed by atoms with Crippen LogP contribution in [0.25, 0.3) is 0 Å². The van der Waals surface area contributed by atoms with E-state index in [1.54, 1.807) is 25.3 Å². The van der Waals surface area contributed by atoms with Gasteiger partial charge in [0.15, 0.2) is 17.1 Å². The third kappa shape index (κ3) is 4.95. The highest BCUT2D eigenvalue weighted by atomic mass is 16.6. The van der Waals surface area contributed by atoms with Gasteiger partial charge in [0.2, 0.25) is 0 Å². The van der Waals surface area contributed by atoms with Crippen LogP contribution >= 0.6 is 0 Å². The predicted molar refractivity (Wildman–Crippen MR) is 94.4 cm³/mol. The number of amides is 1. The SMILES string of the molecule is COc1cc(CNC(=O)c2cn[nH]c2[N+](=O)[O-])ccc1OCCC(C)C. The van der Waals surface area contributed by atoms with Crippen molar-refractivity contribution in [2.45, 2.75) is 26.8 Å². The van der Waals surface area contributed by atoms with E-state index in [4.69, 9.17) is 9.47 Å². The molecular weight excluding hydrogens is 340 g/mol. The second kappa shape index (κ2) is 8.84. The first-order chi connectivity index (χ1) is 12.4. The summed E-state index contributed by atoms with van der Waals surface area (Å²) >= 11 is 0. The van der Waals surface area contributed by atoms with E-state index < -0.39 is 16.6 Å². The minimum absolute atomic E-state index is 0.115. The normalized spacial score (nSPS) is 10.6. The van der Waals surface area contributed by atoms with Gasteiger partial charge in [-0.25, -0.2) is 0 Å². The summed E-state index contributed by atoms with van der Waals surface area (Å²) in [4.78, 5) is 22.2. The average Bonchev–Trinajstić information content (AvgIpc) is 3.10. The Kier molecular flexibility index (Phi) is 6.54. The van der Waals surface area contributed by atoms with Gasteiger partial charge in [0, 0.05) is 6.54 Å². The summed E-state index contributed by atoms with van der Waals surface area (Å²) in [6.07, 6.45) is 2.06. The first-order valence-corrected chi connectivity index (χ1v) is 8.18. The van der Waals surface area contributed by atoms with Crippen molar-refractivity contribution in [3.05, 3.63) is 45.6 Å². The maximum atomic E-state index is 12.1. The van der Waals surface area contributed by atoms with Gasteiger partial charge >= 0.3 is 5.82 Å². The lowest BCUT2D eigenvalue weighted by Gasteiger charge is -2.13. The van der Waals surface area contributed by atoms with E-state index in [2.05, 4.69) is 29.4 Å². The van der Waals surface area contributed by atoms with Crippen molar-refractivity contribution < 1.29 is 19.2 Å². The summed E-state index contributed by atoms with van der Waals surface area (Å²) < 4.78 is 11.1. The largest absolute Gasteiger partial charge is 0.493 e. The number of carbonyl (C=O) groups excluding carboxylic acids is 1. The Hall–Kier alpha value is -3.10. The molecule has 1 aromatic carbocycles. The quantitative estimate of drug-likeness (QED) is 0.523. The monoisotopic (exact) mass is 362 g/mol. The van der Waals surface area contributed by atoms with Crippen LogP contribution in [0.4, 0.5) is 5.82 Å². The zero-order valence-corrected chi connectivity index (χ0v) is 14.9.